The first-order valence-electron chi connectivity index (χ1n) is 7.11. The molecule has 1 N–H and O–H groups in total. The minimum atomic E-state index is 0.309. The second-order valence-corrected chi connectivity index (χ2v) is 7.05. The van der Waals surface area contributed by atoms with Crippen LogP contribution < -0.4 is 5.32 Å². The van der Waals surface area contributed by atoms with E-state index >= 15 is 0 Å². The predicted octanol–water partition coefficient (Wildman–Crippen LogP) is 3.55. The average molecular weight is 281 g/mol. The van der Waals surface area contributed by atoms with Crippen molar-refractivity contribution in [3.8, 4) is 0 Å². The third-order valence-electron chi connectivity index (χ3n) is 3.51. The molecular formula is C16H25ClN2. The SMILES string of the molecule is CN(Cc1ccc(Cl)cc1)CC(C)(C)CNC1CC1. The van der Waals surface area contributed by atoms with Gasteiger partial charge in [-0.15, -0.1) is 0 Å². The van der Waals surface area contributed by atoms with Crippen molar-refractivity contribution in [1.82, 2.24) is 10.2 Å². The third-order valence-corrected chi connectivity index (χ3v) is 3.76. The maximum absolute atomic E-state index is 5.91. The maximum Gasteiger partial charge on any atom is 0.0406 e. The number of nitrogens with one attached hydrogen (secondary N) is 1. The topological polar surface area (TPSA) is 15.3 Å². The third kappa shape index (κ3) is 5.52. The Morgan fingerprint density at radius 1 is 1.26 bits per heavy atom. The van der Waals surface area contributed by atoms with E-state index < -0.39 is 0 Å². The van der Waals surface area contributed by atoms with Crippen LogP contribution in [0.25, 0.3) is 0 Å². The molecule has 0 unspecified atom stereocenters. The van der Waals surface area contributed by atoms with E-state index in [1.54, 1.807) is 0 Å². The number of nitrogens with zero attached hydrogens (tertiary/aromatic N) is 1. The number of hydrogen-bond donors (Lipinski definition) is 1. The van der Waals surface area contributed by atoms with Crippen molar-refractivity contribution in [1.29, 1.82) is 0 Å². The Balaban J connectivity index is 1.78. The molecule has 0 amide bonds. The van der Waals surface area contributed by atoms with Gasteiger partial charge in [0.2, 0.25) is 0 Å². The molecule has 0 atom stereocenters. The molecule has 0 saturated heterocycles. The van der Waals surface area contributed by atoms with Gasteiger partial charge in [-0.3, -0.25) is 0 Å². The molecule has 1 aromatic rings. The highest BCUT2D eigenvalue weighted by molar-refractivity contribution is 6.30. The molecule has 1 saturated carbocycles. The Morgan fingerprint density at radius 3 is 2.47 bits per heavy atom. The molecule has 3 heteroatoms. The Bertz CT molecular complexity index is 396. The minimum Gasteiger partial charge on any atom is -0.313 e. The average Bonchev–Trinajstić information content (AvgIpc) is 3.13. The molecule has 1 aliphatic carbocycles. The quantitative estimate of drug-likeness (QED) is 0.822. The normalized spacial score (nSPS) is 16.1. The molecule has 106 valence electrons. The fraction of sp³-hybridized carbons (Fsp3) is 0.625. The molecule has 0 aliphatic heterocycles. The van der Waals surface area contributed by atoms with E-state index in [2.05, 4.69) is 43.2 Å². The summed E-state index contributed by atoms with van der Waals surface area (Å²) in [6.45, 7) is 7.84. The molecule has 2 nitrogen and oxygen atoms in total. The van der Waals surface area contributed by atoms with Crippen molar-refractivity contribution in [3.63, 3.8) is 0 Å². The molecule has 1 aromatic carbocycles. The standard InChI is InChI=1S/C16H25ClN2/c1-16(2,11-18-15-8-9-15)12-19(3)10-13-4-6-14(17)7-5-13/h4-7,15,18H,8-12H2,1-3H3. The highest BCUT2D eigenvalue weighted by atomic mass is 35.5. The monoisotopic (exact) mass is 280 g/mol. The van der Waals surface area contributed by atoms with Gasteiger partial charge in [-0.1, -0.05) is 37.6 Å². The van der Waals surface area contributed by atoms with E-state index in [1.807, 2.05) is 12.1 Å². The summed E-state index contributed by atoms with van der Waals surface area (Å²) in [7, 11) is 2.19. The van der Waals surface area contributed by atoms with Gasteiger partial charge in [-0.05, 0) is 43.0 Å². The lowest BCUT2D eigenvalue weighted by atomic mass is 9.92. The summed E-state index contributed by atoms with van der Waals surface area (Å²) in [5.74, 6) is 0. The van der Waals surface area contributed by atoms with E-state index in [9.17, 15) is 0 Å². The zero-order valence-electron chi connectivity index (χ0n) is 12.2. The largest absolute Gasteiger partial charge is 0.313 e. The van der Waals surface area contributed by atoms with E-state index in [1.165, 1.54) is 18.4 Å². The lowest BCUT2D eigenvalue weighted by Gasteiger charge is -2.30. The Kier molecular flexibility index (Phi) is 4.88. The number of rotatable bonds is 7. The lowest BCUT2D eigenvalue weighted by Crippen LogP contribution is -2.39. The van der Waals surface area contributed by atoms with E-state index in [0.29, 0.717) is 5.41 Å². The van der Waals surface area contributed by atoms with Crippen LogP contribution in [0, 0.1) is 5.41 Å². The molecule has 0 aromatic heterocycles. The lowest BCUT2D eigenvalue weighted by molar-refractivity contribution is 0.198. The van der Waals surface area contributed by atoms with Gasteiger partial charge in [0.15, 0.2) is 0 Å². The highest BCUT2D eigenvalue weighted by Crippen LogP contribution is 2.22. The smallest absolute Gasteiger partial charge is 0.0406 e. The summed E-state index contributed by atoms with van der Waals surface area (Å²) in [4.78, 5) is 2.39. The van der Waals surface area contributed by atoms with Crippen molar-refractivity contribution in [2.45, 2.75) is 39.3 Å². The van der Waals surface area contributed by atoms with E-state index in [4.69, 9.17) is 11.6 Å². The first-order chi connectivity index (χ1) is 8.94. The van der Waals surface area contributed by atoms with Gasteiger partial charge in [0.05, 0.1) is 0 Å². The maximum atomic E-state index is 5.91. The van der Waals surface area contributed by atoms with Crippen molar-refractivity contribution in [2.75, 3.05) is 20.1 Å². The Morgan fingerprint density at radius 2 is 1.89 bits per heavy atom. The first-order valence-corrected chi connectivity index (χ1v) is 7.49. The molecule has 19 heavy (non-hydrogen) atoms. The van der Waals surface area contributed by atoms with Gasteiger partial charge >= 0.3 is 0 Å². The first kappa shape index (κ1) is 14.8. The number of hydrogen-bond acceptors (Lipinski definition) is 2. The van der Waals surface area contributed by atoms with Crippen LogP contribution in [0.4, 0.5) is 0 Å². The van der Waals surface area contributed by atoms with Gasteiger partial charge in [0.25, 0.3) is 0 Å². The zero-order valence-corrected chi connectivity index (χ0v) is 13.0. The highest BCUT2D eigenvalue weighted by Gasteiger charge is 2.26. The van der Waals surface area contributed by atoms with Gasteiger partial charge < -0.3 is 10.2 Å². The van der Waals surface area contributed by atoms with Gasteiger partial charge in [-0.25, -0.2) is 0 Å². The summed E-state index contributed by atoms with van der Waals surface area (Å²) in [5, 5.41) is 4.44. The summed E-state index contributed by atoms with van der Waals surface area (Å²) < 4.78 is 0. The minimum absolute atomic E-state index is 0.309. The second-order valence-electron chi connectivity index (χ2n) is 6.62. The molecule has 0 spiro atoms. The Labute approximate surface area is 122 Å². The molecular weight excluding hydrogens is 256 g/mol. The number of benzene rings is 1. The molecule has 1 fully saturated rings. The van der Waals surface area contributed by atoms with Crippen molar-refractivity contribution in [2.24, 2.45) is 5.41 Å². The van der Waals surface area contributed by atoms with Crippen molar-refractivity contribution >= 4 is 11.6 Å². The molecule has 0 radical (unpaired) electrons. The van der Waals surface area contributed by atoms with Crippen LogP contribution in [-0.4, -0.2) is 31.1 Å². The zero-order chi connectivity index (χ0) is 13.9. The molecule has 2 rings (SSSR count). The second kappa shape index (κ2) is 6.25. The van der Waals surface area contributed by atoms with E-state index in [0.717, 1.165) is 30.7 Å². The molecule has 0 bridgehead atoms. The van der Waals surface area contributed by atoms with Crippen molar-refractivity contribution < 1.29 is 0 Å². The van der Waals surface area contributed by atoms with Crippen LogP contribution in [0.1, 0.15) is 32.3 Å². The van der Waals surface area contributed by atoms with Crippen LogP contribution in [-0.2, 0) is 6.54 Å². The van der Waals surface area contributed by atoms with Crippen LogP contribution in [0.2, 0.25) is 5.02 Å². The van der Waals surface area contributed by atoms with Crippen molar-refractivity contribution in [3.05, 3.63) is 34.9 Å². The summed E-state index contributed by atoms with van der Waals surface area (Å²) in [6, 6.07) is 8.93. The molecule has 1 aliphatic rings. The van der Waals surface area contributed by atoms with Gasteiger partial charge in [0, 0.05) is 30.7 Å². The fourth-order valence-corrected chi connectivity index (χ4v) is 2.58. The van der Waals surface area contributed by atoms with Gasteiger partial charge in [0.1, 0.15) is 0 Å². The molecule has 0 heterocycles. The summed E-state index contributed by atoms with van der Waals surface area (Å²) in [5.41, 5.74) is 1.63. The Hall–Kier alpha value is -0.570. The van der Waals surface area contributed by atoms with Crippen LogP contribution in [0.15, 0.2) is 24.3 Å². The fourth-order valence-electron chi connectivity index (χ4n) is 2.45. The van der Waals surface area contributed by atoms with E-state index in [-0.39, 0.29) is 0 Å². The van der Waals surface area contributed by atoms with Crippen LogP contribution in [0.5, 0.6) is 0 Å². The van der Waals surface area contributed by atoms with Gasteiger partial charge in [-0.2, -0.15) is 0 Å². The van der Waals surface area contributed by atoms with Crippen LogP contribution >= 0.6 is 11.6 Å². The predicted molar refractivity (Wildman–Crippen MR) is 82.6 cm³/mol. The summed E-state index contributed by atoms with van der Waals surface area (Å²) in [6.07, 6.45) is 2.72. The van der Waals surface area contributed by atoms with Crippen LogP contribution in [0.3, 0.4) is 0 Å². The number of halogens is 1. The summed E-state index contributed by atoms with van der Waals surface area (Å²) >= 11 is 5.91.